The van der Waals surface area contributed by atoms with Crippen molar-refractivity contribution in [3.05, 3.63) is 64.0 Å². The molecular formula is C18H16BrN3O2. The van der Waals surface area contributed by atoms with E-state index < -0.39 is 0 Å². The summed E-state index contributed by atoms with van der Waals surface area (Å²) in [6.45, 7) is 3.95. The zero-order valence-electron chi connectivity index (χ0n) is 13.3. The number of rotatable bonds is 4. The van der Waals surface area contributed by atoms with E-state index in [0.717, 1.165) is 21.3 Å². The summed E-state index contributed by atoms with van der Waals surface area (Å²) in [4.78, 5) is 16.6. The minimum Gasteiger partial charge on any atom is -0.339 e. The number of carbonyl (C=O) groups excluding carboxylic acids is 1. The van der Waals surface area contributed by atoms with E-state index in [1.54, 1.807) is 12.1 Å². The van der Waals surface area contributed by atoms with Crippen molar-refractivity contribution in [3.8, 4) is 11.4 Å². The Morgan fingerprint density at radius 2 is 1.96 bits per heavy atom. The van der Waals surface area contributed by atoms with E-state index >= 15 is 0 Å². The standard InChI is InChI=1S/C18H16BrN3O2/c1-3-16-21-17(22-24-16)12-5-7-13(8-6-12)18(23)20-15-9-4-11(2)10-14(15)19/h4-10H,3H2,1-2H3,(H,20,23). The quantitative estimate of drug-likeness (QED) is 0.710. The summed E-state index contributed by atoms with van der Waals surface area (Å²) in [6, 6.07) is 12.9. The summed E-state index contributed by atoms with van der Waals surface area (Å²) in [5.41, 5.74) is 3.23. The fourth-order valence-electron chi connectivity index (χ4n) is 2.20. The number of aryl methyl sites for hydroxylation is 2. The Morgan fingerprint density at radius 1 is 1.21 bits per heavy atom. The van der Waals surface area contributed by atoms with Crippen molar-refractivity contribution in [1.29, 1.82) is 0 Å². The summed E-state index contributed by atoms with van der Waals surface area (Å²) in [7, 11) is 0. The molecule has 0 atom stereocenters. The van der Waals surface area contributed by atoms with Gasteiger partial charge in [-0.25, -0.2) is 0 Å². The molecule has 0 aliphatic heterocycles. The Bertz CT molecular complexity index is 872. The van der Waals surface area contributed by atoms with Crippen LogP contribution in [0.4, 0.5) is 5.69 Å². The van der Waals surface area contributed by atoms with Gasteiger partial charge in [-0.1, -0.05) is 30.3 Å². The molecule has 0 saturated carbocycles. The first-order valence-electron chi connectivity index (χ1n) is 7.57. The molecule has 0 saturated heterocycles. The van der Waals surface area contributed by atoms with Crippen LogP contribution in [0.2, 0.25) is 0 Å². The van der Waals surface area contributed by atoms with Crippen LogP contribution < -0.4 is 5.32 Å². The number of nitrogens with one attached hydrogen (secondary N) is 1. The maximum absolute atomic E-state index is 12.4. The number of benzene rings is 2. The zero-order valence-corrected chi connectivity index (χ0v) is 14.9. The van der Waals surface area contributed by atoms with Crippen LogP contribution in [0, 0.1) is 6.92 Å². The average molecular weight is 386 g/mol. The van der Waals surface area contributed by atoms with Crippen LogP contribution in [0.25, 0.3) is 11.4 Å². The van der Waals surface area contributed by atoms with Crippen LogP contribution in [0.3, 0.4) is 0 Å². The molecule has 0 bridgehead atoms. The van der Waals surface area contributed by atoms with Crippen molar-refractivity contribution in [3.63, 3.8) is 0 Å². The molecule has 122 valence electrons. The van der Waals surface area contributed by atoms with E-state index in [4.69, 9.17) is 4.52 Å². The Kier molecular flexibility index (Phi) is 4.76. The van der Waals surface area contributed by atoms with Crippen LogP contribution in [0.15, 0.2) is 51.5 Å². The number of halogens is 1. The van der Waals surface area contributed by atoms with Gasteiger partial charge in [-0.3, -0.25) is 4.79 Å². The van der Waals surface area contributed by atoms with Crippen LogP contribution >= 0.6 is 15.9 Å². The number of anilines is 1. The topological polar surface area (TPSA) is 68.0 Å². The lowest BCUT2D eigenvalue weighted by Crippen LogP contribution is -2.12. The number of amides is 1. The molecule has 6 heteroatoms. The molecule has 24 heavy (non-hydrogen) atoms. The van der Waals surface area contributed by atoms with E-state index in [2.05, 4.69) is 31.4 Å². The van der Waals surface area contributed by atoms with Crippen molar-refractivity contribution < 1.29 is 9.32 Å². The fourth-order valence-corrected chi connectivity index (χ4v) is 2.79. The second kappa shape index (κ2) is 6.97. The Morgan fingerprint density at radius 3 is 2.58 bits per heavy atom. The van der Waals surface area contributed by atoms with Crippen molar-refractivity contribution in [2.75, 3.05) is 5.32 Å². The van der Waals surface area contributed by atoms with Crippen molar-refractivity contribution >= 4 is 27.5 Å². The highest BCUT2D eigenvalue weighted by Crippen LogP contribution is 2.24. The van der Waals surface area contributed by atoms with Gasteiger partial charge >= 0.3 is 0 Å². The number of carbonyl (C=O) groups is 1. The van der Waals surface area contributed by atoms with E-state index in [1.807, 2.05) is 44.2 Å². The van der Waals surface area contributed by atoms with Gasteiger partial charge < -0.3 is 9.84 Å². The van der Waals surface area contributed by atoms with Crippen molar-refractivity contribution in [2.24, 2.45) is 0 Å². The Hall–Kier alpha value is -2.47. The van der Waals surface area contributed by atoms with E-state index in [0.29, 0.717) is 23.7 Å². The molecule has 0 unspecified atom stereocenters. The molecule has 0 fully saturated rings. The molecule has 1 amide bonds. The van der Waals surface area contributed by atoms with Gasteiger partial charge in [0.25, 0.3) is 5.91 Å². The van der Waals surface area contributed by atoms with Gasteiger partial charge in [0.15, 0.2) is 0 Å². The number of hydrogen-bond acceptors (Lipinski definition) is 4. The van der Waals surface area contributed by atoms with E-state index in [9.17, 15) is 4.79 Å². The second-order valence-electron chi connectivity index (χ2n) is 5.38. The monoisotopic (exact) mass is 385 g/mol. The van der Waals surface area contributed by atoms with E-state index in [1.165, 1.54) is 0 Å². The highest BCUT2D eigenvalue weighted by Gasteiger charge is 2.11. The Labute approximate surface area is 148 Å². The summed E-state index contributed by atoms with van der Waals surface area (Å²) >= 11 is 3.46. The molecule has 1 aromatic heterocycles. The van der Waals surface area contributed by atoms with Gasteiger partial charge in [0.2, 0.25) is 11.7 Å². The molecule has 0 aliphatic carbocycles. The normalized spacial score (nSPS) is 10.6. The lowest BCUT2D eigenvalue weighted by Gasteiger charge is -2.08. The van der Waals surface area contributed by atoms with Crippen molar-refractivity contribution in [1.82, 2.24) is 10.1 Å². The number of aromatic nitrogens is 2. The average Bonchev–Trinajstić information content (AvgIpc) is 3.06. The number of hydrogen-bond donors (Lipinski definition) is 1. The molecule has 3 rings (SSSR count). The molecule has 3 aromatic rings. The lowest BCUT2D eigenvalue weighted by atomic mass is 10.1. The maximum Gasteiger partial charge on any atom is 0.255 e. The minimum absolute atomic E-state index is 0.173. The molecule has 2 aromatic carbocycles. The first-order valence-corrected chi connectivity index (χ1v) is 8.36. The van der Waals surface area contributed by atoms with Gasteiger partial charge in [-0.2, -0.15) is 4.98 Å². The predicted molar refractivity (Wildman–Crippen MR) is 95.9 cm³/mol. The van der Waals surface area contributed by atoms with Crippen LogP contribution in [-0.2, 0) is 6.42 Å². The van der Waals surface area contributed by atoms with Gasteiger partial charge in [0.1, 0.15) is 0 Å². The summed E-state index contributed by atoms with van der Waals surface area (Å²) in [5, 5.41) is 6.82. The summed E-state index contributed by atoms with van der Waals surface area (Å²) in [6.07, 6.45) is 0.693. The molecule has 0 aliphatic rings. The largest absolute Gasteiger partial charge is 0.339 e. The minimum atomic E-state index is -0.173. The zero-order chi connectivity index (χ0) is 17.1. The third-order valence-corrected chi connectivity index (χ3v) is 4.20. The number of nitrogens with zero attached hydrogens (tertiary/aromatic N) is 2. The first kappa shape index (κ1) is 16.4. The molecule has 0 radical (unpaired) electrons. The van der Waals surface area contributed by atoms with Crippen LogP contribution in [0.5, 0.6) is 0 Å². The molecule has 0 spiro atoms. The molecular weight excluding hydrogens is 370 g/mol. The lowest BCUT2D eigenvalue weighted by molar-refractivity contribution is 0.102. The van der Waals surface area contributed by atoms with Crippen LogP contribution in [-0.4, -0.2) is 16.0 Å². The maximum atomic E-state index is 12.4. The van der Waals surface area contributed by atoms with Crippen molar-refractivity contribution in [2.45, 2.75) is 20.3 Å². The molecule has 1 N–H and O–H groups in total. The van der Waals surface area contributed by atoms with Gasteiger partial charge in [0, 0.05) is 22.0 Å². The van der Waals surface area contributed by atoms with Gasteiger partial charge in [-0.05, 0) is 52.7 Å². The second-order valence-corrected chi connectivity index (χ2v) is 6.23. The Balaban J connectivity index is 1.76. The highest BCUT2D eigenvalue weighted by atomic mass is 79.9. The predicted octanol–water partition coefficient (Wildman–Crippen LogP) is 4.62. The summed E-state index contributed by atoms with van der Waals surface area (Å²) in [5.74, 6) is 0.949. The van der Waals surface area contributed by atoms with Gasteiger partial charge in [0.05, 0.1) is 5.69 Å². The third-order valence-electron chi connectivity index (χ3n) is 3.55. The smallest absolute Gasteiger partial charge is 0.255 e. The molecule has 1 heterocycles. The third kappa shape index (κ3) is 3.54. The van der Waals surface area contributed by atoms with Crippen LogP contribution in [0.1, 0.15) is 28.7 Å². The fraction of sp³-hybridized carbons (Fsp3) is 0.167. The van der Waals surface area contributed by atoms with E-state index in [-0.39, 0.29) is 5.91 Å². The highest BCUT2D eigenvalue weighted by molar-refractivity contribution is 9.10. The molecule has 5 nitrogen and oxygen atoms in total. The van der Waals surface area contributed by atoms with Gasteiger partial charge in [-0.15, -0.1) is 0 Å². The SMILES string of the molecule is CCc1nc(-c2ccc(C(=O)Nc3ccc(C)cc3Br)cc2)no1. The summed E-state index contributed by atoms with van der Waals surface area (Å²) < 4.78 is 5.96. The first-order chi connectivity index (χ1) is 11.6.